The normalized spacial score (nSPS) is 15.2. The van der Waals surface area contributed by atoms with Crippen LogP contribution in [0.5, 0.6) is 5.75 Å². The smallest absolute Gasteiger partial charge is 0.279 e. The van der Waals surface area contributed by atoms with Crippen molar-refractivity contribution in [1.29, 1.82) is 0 Å². The van der Waals surface area contributed by atoms with E-state index in [9.17, 15) is 13.2 Å². The summed E-state index contributed by atoms with van der Waals surface area (Å²) in [6.07, 6.45) is 1.78. The summed E-state index contributed by atoms with van der Waals surface area (Å²) in [6.45, 7) is 0. The number of sulfonamides is 1. The lowest BCUT2D eigenvalue weighted by atomic mass is 10.2. The Morgan fingerprint density at radius 1 is 1.21 bits per heavy atom. The predicted octanol–water partition coefficient (Wildman–Crippen LogP) is 2.77. The van der Waals surface area contributed by atoms with Crippen LogP contribution in [0.4, 0.5) is 0 Å². The van der Waals surface area contributed by atoms with Crippen molar-refractivity contribution >= 4 is 37.5 Å². The molecule has 0 aliphatic heterocycles. The number of para-hydroxylation sites is 1. The number of hydrogen-bond acceptors (Lipinski definition) is 5. The van der Waals surface area contributed by atoms with Crippen LogP contribution in [0.25, 0.3) is 10.2 Å². The highest BCUT2D eigenvalue weighted by molar-refractivity contribution is 7.89. The number of aromatic nitrogens is 1. The third kappa shape index (κ3) is 3.61. The van der Waals surface area contributed by atoms with Gasteiger partial charge in [-0.2, -0.15) is 9.30 Å². The molecule has 9 heteroatoms. The maximum absolute atomic E-state index is 12.6. The SMILES string of the molecule is COc1cccc2sc(=NC(=O)c3ccc(S(=O)(=O)N(C)C4CC4)cc3)n(C)c12. The highest BCUT2D eigenvalue weighted by atomic mass is 32.2. The summed E-state index contributed by atoms with van der Waals surface area (Å²) in [5.74, 6) is 0.287. The Labute approximate surface area is 172 Å². The van der Waals surface area contributed by atoms with Crippen molar-refractivity contribution in [3.8, 4) is 5.75 Å². The van der Waals surface area contributed by atoms with Crippen molar-refractivity contribution in [3.63, 3.8) is 0 Å². The first kappa shape index (κ1) is 19.8. The lowest BCUT2D eigenvalue weighted by Crippen LogP contribution is -2.28. The van der Waals surface area contributed by atoms with Crippen molar-refractivity contribution in [2.75, 3.05) is 14.2 Å². The molecule has 1 aliphatic carbocycles. The van der Waals surface area contributed by atoms with E-state index in [1.807, 2.05) is 29.8 Å². The molecule has 0 radical (unpaired) electrons. The fraction of sp³-hybridized carbons (Fsp3) is 0.300. The standard InChI is InChI=1S/C20H21N3O4S2/c1-22-18-16(27-3)5-4-6-17(18)28-20(22)21-19(24)13-7-11-15(12-8-13)29(25,26)23(2)14-9-10-14/h4-8,11-12,14H,9-10H2,1-3H3. The van der Waals surface area contributed by atoms with Crippen LogP contribution in [-0.4, -0.2) is 43.4 Å². The summed E-state index contributed by atoms with van der Waals surface area (Å²) in [7, 11) is 1.49. The molecule has 7 nitrogen and oxygen atoms in total. The predicted molar refractivity (Wildman–Crippen MR) is 112 cm³/mol. The summed E-state index contributed by atoms with van der Waals surface area (Å²) < 4.78 is 34.8. The van der Waals surface area contributed by atoms with Gasteiger partial charge in [0.1, 0.15) is 11.3 Å². The van der Waals surface area contributed by atoms with E-state index in [-0.39, 0.29) is 10.9 Å². The fourth-order valence-electron chi connectivity index (χ4n) is 3.16. The van der Waals surface area contributed by atoms with Gasteiger partial charge < -0.3 is 9.30 Å². The van der Waals surface area contributed by atoms with Gasteiger partial charge in [-0.25, -0.2) is 8.42 Å². The number of thiazole rings is 1. The molecule has 0 spiro atoms. The molecule has 4 rings (SSSR count). The van der Waals surface area contributed by atoms with Crippen LogP contribution in [0.15, 0.2) is 52.4 Å². The molecular weight excluding hydrogens is 410 g/mol. The number of benzene rings is 2. The summed E-state index contributed by atoms with van der Waals surface area (Å²) in [4.78, 5) is 17.6. The maximum Gasteiger partial charge on any atom is 0.279 e. The second kappa shape index (κ2) is 7.40. The molecule has 29 heavy (non-hydrogen) atoms. The Morgan fingerprint density at radius 2 is 1.90 bits per heavy atom. The minimum absolute atomic E-state index is 0.0845. The van der Waals surface area contributed by atoms with Crippen molar-refractivity contribution < 1.29 is 17.9 Å². The van der Waals surface area contributed by atoms with E-state index in [1.54, 1.807) is 14.2 Å². The first-order chi connectivity index (χ1) is 13.8. The summed E-state index contributed by atoms with van der Waals surface area (Å²) in [6, 6.07) is 11.7. The number of carbonyl (C=O) groups excluding carboxylic acids is 1. The van der Waals surface area contributed by atoms with Gasteiger partial charge in [0.2, 0.25) is 10.0 Å². The average Bonchev–Trinajstić information content (AvgIpc) is 3.52. The number of nitrogens with zero attached hydrogens (tertiary/aromatic N) is 3. The minimum Gasteiger partial charge on any atom is -0.495 e. The Kier molecular flexibility index (Phi) is 5.05. The van der Waals surface area contributed by atoms with E-state index in [1.165, 1.54) is 39.9 Å². The quantitative estimate of drug-likeness (QED) is 0.622. The van der Waals surface area contributed by atoms with Crippen LogP contribution in [-0.2, 0) is 17.1 Å². The van der Waals surface area contributed by atoms with E-state index in [0.29, 0.717) is 16.1 Å². The number of methoxy groups -OCH3 is 1. The number of hydrogen-bond donors (Lipinski definition) is 0. The van der Waals surface area contributed by atoms with Gasteiger partial charge in [-0.05, 0) is 49.2 Å². The number of aryl methyl sites for hydroxylation is 1. The second-order valence-corrected chi connectivity index (χ2v) is 9.95. The molecule has 0 N–H and O–H groups in total. The zero-order valence-electron chi connectivity index (χ0n) is 16.3. The maximum atomic E-state index is 12.6. The van der Waals surface area contributed by atoms with Gasteiger partial charge in [-0.1, -0.05) is 17.4 Å². The van der Waals surface area contributed by atoms with E-state index >= 15 is 0 Å². The molecule has 1 heterocycles. The summed E-state index contributed by atoms with van der Waals surface area (Å²) >= 11 is 1.39. The van der Waals surface area contributed by atoms with Gasteiger partial charge in [0, 0.05) is 25.7 Å². The fourth-order valence-corrected chi connectivity index (χ4v) is 5.61. The van der Waals surface area contributed by atoms with Gasteiger partial charge in [-0.3, -0.25) is 4.79 Å². The number of rotatable bonds is 5. The van der Waals surface area contributed by atoms with E-state index in [0.717, 1.165) is 23.1 Å². The van der Waals surface area contributed by atoms with Gasteiger partial charge in [0.15, 0.2) is 4.80 Å². The summed E-state index contributed by atoms with van der Waals surface area (Å²) in [5, 5.41) is 0. The van der Waals surface area contributed by atoms with Crippen molar-refractivity contribution in [2.24, 2.45) is 12.0 Å². The Hall–Kier alpha value is -2.49. The second-order valence-electron chi connectivity index (χ2n) is 6.94. The van der Waals surface area contributed by atoms with Crippen molar-refractivity contribution in [2.45, 2.75) is 23.8 Å². The number of ether oxygens (including phenoxy) is 1. The van der Waals surface area contributed by atoms with Crippen LogP contribution in [0.1, 0.15) is 23.2 Å². The van der Waals surface area contributed by atoms with Gasteiger partial charge in [0.25, 0.3) is 5.91 Å². The lowest BCUT2D eigenvalue weighted by Gasteiger charge is -2.16. The molecule has 1 saturated carbocycles. The molecule has 0 atom stereocenters. The lowest BCUT2D eigenvalue weighted by molar-refractivity contribution is 0.0998. The molecular formula is C20H21N3O4S2. The van der Waals surface area contributed by atoms with Crippen LogP contribution in [0.2, 0.25) is 0 Å². The minimum atomic E-state index is -3.53. The van der Waals surface area contributed by atoms with E-state index in [4.69, 9.17) is 4.74 Å². The molecule has 1 aromatic heterocycles. The van der Waals surface area contributed by atoms with Gasteiger partial charge in [0.05, 0.1) is 16.7 Å². The number of fused-ring (bicyclic) bond motifs is 1. The van der Waals surface area contributed by atoms with Crippen LogP contribution < -0.4 is 9.54 Å². The Morgan fingerprint density at radius 3 is 2.52 bits per heavy atom. The van der Waals surface area contributed by atoms with Gasteiger partial charge >= 0.3 is 0 Å². The number of amides is 1. The highest BCUT2D eigenvalue weighted by Gasteiger charge is 2.35. The average molecular weight is 432 g/mol. The Balaban J connectivity index is 1.65. The molecule has 0 unspecified atom stereocenters. The molecule has 0 bridgehead atoms. The first-order valence-electron chi connectivity index (χ1n) is 9.12. The zero-order valence-corrected chi connectivity index (χ0v) is 18.0. The first-order valence-corrected chi connectivity index (χ1v) is 11.4. The van der Waals surface area contributed by atoms with Crippen molar-refractivity contribution in [1.82, 2.24) is 8.87 Å². The molecule has 152 valence electrons. The summed E-state index contributed by atoms with van der Waals surface area (Å²) in [5.41, 5.74) is 1.21. The largest absolute Gasteiger partial charge is 0.495 e. The van der Waals surface area contributed by atoms with E-state index in [2.05, 4.69) is 4.99 Å². The van der Waals surface area contributed by atoms with E-state index < -0.39 is 15.9 Å². The molecule has 1 fully saturated rings. The number of carbonyl (C=O) groups is 1. The molecule has 2 aromatic carbocycles. The van der Waals surface area contributed by atoms with Gasteiger partial charge in [-0.15, -0.1) is 0 Å². The van der Waals surface area contributed by atoms with Crippen molar-refractivity contribution in [3.05, 3.63) is 52.8 Å². The Bertz CT molecular complexity index is 1250. The molecule has 0 saturated heterocycles. The van der Waals surface area contributed by atoms with Crippen LogP contribution >= 0.6 is 11.3 Å². The monoisotopic (exact) mass is 431 g/mol. The topological polar surface area (TPSA) is 81.0 Å². The molecule has 3 aromatic rings. The third-order valence-electron chi connectivity index (χ3n) is 5.04. The molecule has 1 aliphatic rings. The molecule has 1 amide bonds. The van der Waals surface area contributed by atoms with Crippen LogP contribution in [0, 0.1) is 0 Å². The highest BCUT2D eigenvalue weighted by Crippen LogP contribution is 2.30. The van der Waals surface area contributed by atoms with Crippen LogP contribution in [0.3, 0.4) is 0 Å². The third-order valence-corrected chi connectivity index (χ3v) is 8.06. The zero-order chi connectivity index (χ0) is 20.8.